The van der Waals surface area contributed by atoms with E-state index >= 15 is 0 Å². The number of fused-ring (bicyclic) bond motifs is 2. The standard InChI is InChI=1S/C30H27N7O3/c31-27(26-24(37-14-16-39-17-15-37)18-20-10-4-6-12-22(20)33-26)40-30(32)36-28-29(38)34-23-13-7-5-11-21(23)25(35-28)19-8-2-1-3-9-19/h1-13,18,28,31H,14-17H2,(H2,32,36)(H,34,38)/t28-/m1/s1. The number of para-hydroxylation sites is 2. The second kappa shape index (κ2) is 11.0. The van der Waals surface area contributed by atoms with Gasteiger partial charge in [0.25, 0.3) is 11.9 Å². The van der Waals surface area contributed by atoms with Crippen LogP contribution in [0.5, 0.6) is 0 Å². The second-order valence-electron chi connectivity index (χ2n) is 9.30. The van der Waals surface area contributed by atoms with Gasteiger partial charge in [0.05, 0.1) is 35.8 Å². The lowest BCUT2D eigenvalue weighted by Gasteiger charge is -2.30. The number of hydrogen-bond acceptors (Lipinski definition) is 8. The number of amides is 1. The van der Waals surface area contributed by atoms with Gasteiger partial charge in [0.2, 0.25) is 12.1 Å². The molecule has 10 nitrogen and oxygen atoms in total. The number of nitrogens with two attached hydrogens (primary N) is 1. The van der Waals surface area contributed by atoms with Crippen LogP contribution >= 0.6 is 0 Å². The van der Waals surface area contributed by atoms with Gasteiger partial charge in [0.15, 0.2) is 0 Å². The number of nitrogens with zero attached hydrogens (tertiary/aromatic N) is 4. The van der Waals surface area contributed by atoms with Gasteiger partial charge in [-0.2, -0.15) is 4.99 Å². The Balaban J connectivity index is 1.33. The van der Waals surface area contributed by atoms with Crippen LogP contribution in [-0.4, -0.2) is 61.0 Å². The maximum atomic E-state index is 13.1. The van der Waals surface area contributed by atoms with E-state index < -0.39 is 12.1 Å². The first kappa shape index (κ1) is 25.2. The molecule has 1 fully saturated rings. The van der Waals surface area contributed by atoms with Gasteiger partial charge in [-0.1, -0.05) is 66.7 Å². The minimum atomic E-state index is -1.22. The van der Waals surface area contributed by atoms with Crippen LogP contribution in [-0.2, 0) is 14.3 Å². The first-order valence-electron chi connectivity index (χ1n) is 12.9. The number of pyridine rings is 1. The summed E-state index contributed by atoms with van der Waals surface area (Å²) in [6.07, 6.45) is -1.22. The first-order valence-corrected chi connectivity index (χ1v) is 12.9. The fourth-order valence-corrected chi connectivity index (χ4v) is 4.78. The van der Waals surface area contributed by atoms with Crippen molar-refractivity contribution in [2.24, 2.45) is 15.7 Å². The molecule has 4 aromatic rings. The van der Waals surface area contributed by atoms with Crippen molar-refractivity contribution in [3.63, 3.8) is 0 Å². The monoisotopic (exact) mass is 533 g/mol. The first-order chi connectivity index (χ1) is 19.6. The Morgan fingerprint density at radius 1 is 1.02 bits per heavy atom. The predicted octanol–water partition coefficient (Wildman–Crippen LogP) is 3.54. The van der Waals surface area contributed by atoms with Gasteiger partial charge in [-0.15, -0.1) is 0 Å². The average molecular weight is 534 g/mol. The lowest BCUT2D eigenvalue weighted by atomic mass is 10.0. The van der Waals surface area contributed by atoms with Crippen molar-refractivity contribution in [2.75, 3.05) is 36.5 Å². The Labute approximate surface area is 230 Å². The highest BCUT2D eigenvalue weighted by atomic mass is 16.5. The lowest BCUT2D eigenvalue weighted by molar-refractivity contribution is -0.117. The highest BCUT2D eigenvalue weighted by molar-refractivity contribution is 6.19. The van der Waals surface area contributed by atoms with E-state index in [1.165, 1.54) is 0 Å². The summed E-state index contributed by atoms with van der Waals surface area (Å²) in [4.78, 5) is 28.9. The zero-order valence-electron chi connectivity index (χ0n) is 21.6. The summed E-state index contributed by atoms with van der Waals surface area (Å²) < 4.78 is 11.2. The minimum Gasteiger partial charge on any atom is -0.405 e. The molecule has 2 aliphatic rings. The number of morpholine rings is 1. The van der Waals surface area contributed by atoms with Gasteiger partial charge < -0.3 is 25.4 Å². The van der Waals surface area contributed by atoms with Crippen molar-refractivity contribution in [2.45, 2.75) is 6.17 Å². The molecule has 1 aromatic heterocycles. The minimum absolute atomic E-state index is 0.280. The summed E-state index contributed by atoms with van der Waals surface area (Å²) in [5.74, 6) is -0.743. The number of nitrogens with one attached hydrogen (secondary N) is 2. The third-order valence-electron chi connectivity index (χ3n) is 6.70. The topological polar surface area (TPSA) is 138 Å². The normalized spacial score (nSPS) is 17.4. The third-order valence-corrected chi connectivity index (χ3v) is 6.70. The number of amidine groups is 1. The molecule has 0 spiro atoms. The van der Waals surface area contributed by atoms with Crippen LogP contribution in [0.1, 0.15) is 16.8 Å². The molecule has 6 rings (SSSR count). The second-order valence-corrected chi connectivity index (χ2v) is 9.30. The Hall–Kier alpha value is -5.09. The molecule has 3 aromatic carbocycles. The number of aliphatic imine (C=N–C) groups is 2. The number of benzodiazepines with no additional fused rings is 1. The van der Waals surface area contributed by atoms with Crippen LogP contribution in [0.4, 0.5) is 11.4 Å². The smallest absolute Gasteiger partial charge is 0.291 e. The quantitative estimate of drug-likeness (QED) is 0.271. The number of carbonyl (C=O) groups is 1. The largest absolute Gasteiger partial charge is 0.405 e. The molecule has 0 saturated carbocycles. The maximum Gasteiger partial charge on any atom is 0.291 e. The van der Waals surface area contributed by atoms with E-state index in [0.717, 1.165) is 27.7 Å². The van der Waals surface area contributed by atoms with Crippen LogP contribution in [0.25, 0.3) is 10.9 Å². The molecule has 200 valence electrons. The highest BCUT2D eigenvalue weighted by Gasteiger charge is 2.27. The fourth-order valence-electron chi connectivity index (χ4n) is 4.78. The number of benzene rings is 3. The van der Waals surface area contributed by atoms with Crippen molar-refractivity contribution < 1.29 is 14.3 Å². The Morgan fingerprint density at radius 2 is 1.75 bits per heavy atom. The number of carbonyl (C=O) groups excluding carboxylic acids is 1. The number of anilines is 2. The Kier molecular flexibility index (Phi) is 6.90. The summed E-state index contributed by atoms with van der Waals surface area (Å²) in [5.41, 5.74) is 10.8. The average Bonchev–Trinajstić information content (AvgIpc) is 3.13. The van der Waals surface area contributed by atoms with Crippen molar-refractivity contribution in [1.82, 2.24) is 4.98 Å². The van der Waals surface area contributed by atoms with E-state index in [0.29, 0.717) is 43.4 Å². The van der Waals surface area contributed by atoms with Gasteiger partial charge >= 0.3 is 0 Å². The molecule has 1 amide bonds. The SMILES string of the molecule is N=C(OC(N)=N[C@H]1N=C(c2ccccc2)c2ccccc2NC1=O)c1nc2ccccc2cc1N1CCOCC1. The lowest BCUT2D eigenvalue weighted by Crippen LogP contribution is -2.37. The molecule has 2 aliphatic heterocycles. The predicted molar refractivity (Wildman–Crippen MR) is 155 cm³/mol. The van der Waals surface area contributed by atoms with Gasteiger partial charge in [-0.25, -0.2) is 9.98 Å². The van der Waals surface area contributed by atoms with Gasteiger partial charge in [-0.05, 0) is 18.2 Å². The van der Waals surface area contributed by atoms with E-state index in [-0.39, 0.29) is 11.9 Å². The van der Waals surface area contributed by atoms with Crippen LogP contribution in [0.15, 0.2) is 94.9 Å². The number of hydrogen-bond donors (Lipinski definition) is 3. The molecule has 40 heavy (non-hydrogen) atoms. The van der Waals surface area contributed by atoms with Crippen LogP contribution in [0.2, 0.25) is 0 Å². The zero-order valence-corrected chi connectivity index (χ0v) is 21.6. The van der Waals surface area contributed by atoms with Crippen molar-refractivity contribution >= 4 is 45.8 Å². The fraction of sp³-hybridized carbons (Fsp3) is 0.167. The Bertz CT molecular complexity index is 1650. The molecule has 1 atom stereocenters. The molecule has 0 unspecified atom stereocenters. The molecule has 10 heteroatoms. The molecule has 4 N–H and O–H groups in total. The summed E-state index contributed by atoms with van der Waals surface area (Å²) in [5, 5.41) is 12.6. The van der Waals surface area contributed by atoms with Crippen LogP contribution in [0, 0.1) is 5.41 Å². The number of ether oxygens (including phenoxy) is 2. The summed E-state index contributed by atoms with van der Waals surface area (Å²) in [6, 6.07) is 26.3. The van der Waals surface area contributed by atoms with Crippen LogP contribution in [0.3, 0.4) is 0 Å². The summed E-state index contributed by atoms with van der Waals surface area (Å²) >= 11 is 0. The molecular weight excluding hydrogens is 506 g/mol. The molecule has 0 radical (unpaired) electrons. The Morgan fingerprint density at radius 3 is 2.58 bits per heavy atom. The molecule has 3 heterocycles. The van der Waals surface area contributed by atoms with E-state index in [9.17, 15) is 4.79 Å². The number of aromatic nitrogens is 1. The van der Waals surface area contributed by atoms with Crippen molar-refractivity contribution in [3.8, 4) is 0 Å². The van der Waals surface area contributed by atoms with Gasteiger partial charge in [0.1, 0.15) is 5.69 Å². The number of rotatable bonds is 4. The van der Waals surface area contributed by atoms with Crippen LogP contribution < -0.4 is 16.0 Å². The van der Waals surface area contributed by atoms with E-state index in [1.807, 2.05) is 84.9 Å². The molecule has 0 bridgehead atoms. The van der Waals surface area contributed by atoms with E-state index in [4.69, 9.17) is 25.6 Å². The molecular formula is C30H27N7O3. The third kappa shape index (κ3) is 5.12. The van der Waals surface area contributed by atoms with Gasteiger partial charge in [0, 0.05) is 29.6 Å². The molecule has 0 aliphatic carbocycles. The molecule has 1 saturated heterocycles. The summed E-state index contributed by atoms with van der Waals surface area (Å²) in [7, 11) is 0. The van der Waals surface area contributed by atoms with Gasteiger partial charge in [-0.3, -0.25) is 10.2 Å². The maximum absolute atomic E-state index is 13.1. The zero-order chi connectivity index (χ0) is 27.5. The van der Waals surface area contributed by atoms with E-state index in [1.54, 1.807) is 0 Å². The van der Waals surface area contributed by atoms with Crippen molar-refractivity contribution in [1.29, 1.82) is 5.41 Å². The van der Waals surface area contributed by atoms with E-state index in [2.05, 4.69) is 20.2 Å². The highest BCUT2D eigenvalue weighted by Crippen LogP contribution is 2.27. The summed E-state index contributed by atoms with van der Waals surface area (Å²) in [6.45, 7) is 2.46. The van der Waals surface area contributed by atoms with Crippen molar-refractivity contribution in [3.05, 3.63) is 102 Å².